The van der Waals surface area contributed by atoms with Crippen LogP contribution in [0.15, 0.2) is 30.6 Å². The smallest absolute Gasteiger partial charge is 0.381 e. The number of aryl methyl sites for hydroxylation is 1. The van der Waals surface area contributed by atoms with E-state index in [1.165, 1.54) is 13.0 Å². The molecular weight excluding hydrogens is 444 g/mol. The largest absolute Gasteiger partial charge is 0.434 e. The predicted octanol–water partition coefficient (Wildman–Crippen LogP) is 3.19. The number of amides is 1. The molecule has 0 aliphatic heterocycles. The van der Waals surface area contributed by atoms with Crippen molar-refractivity contribution < 1.29 is 36.2 Å². The first kappa shape index (κ1) is 23.3. The lowest BCUT2D eigenvalue weighted by Crippen LogP contribution is -2.50. The summed E-state index contributed by atoms with van der Waals surface area (Å²) in [5, 5.41) is 12.4. The van der Waals surface area contributed by atoms with E-state index in [2.05, 4.69) is 9.97 Å². The molecular formula is C19H17F6N5O2. The predicted molar refractivity (Wildman–Crippen MR) is 101 cm³/mol. The summed E-state index contributed by atoms with van der Waals surface area (Å²) in [6, 6.07) is 3.27. The van der Waals surface area contributed by atoms with Crippen LogP contribution in [0.2, 0.25) is 0 Å². The minimum atomic E-state index is -5.17. The maximum atomic E-state index is 13.7. The highest BCUT2D eigenvalue weighted by atomic mass is 19.4. The number of aromatic nitrogens is 3. The third-order valence-corrected chi connectivity index (χ3v) is 4.86. The maximum Gasteiger partial charge on any atom is 0.434 e. The van der Waals surface area contributed by atoms with Gasteiger partial charge in [0.15, 0.2) is 17.2 Å². The molecule has 1 unspecified atom stereocenters. The number of benzene rings is 1. The third-order valence-electron chi connectivity index (χ3n) is 4.86. The maximum absolute atomic E-state index is 13.7. The van der Waals surface area contributed by atoms with Gasteiger partial charge in [-0.3, -0.25) is 9.20 Å². The van der Waals surface area contributed by atoms with Crippen LogP contribution in [0, 0.1) is 6.92 Å². The molecule has 0 spiro atoms. The summed E-state index contributed by atoms with van der Waals surface area (Å²) in [6.45, 7) is 1.36. The van der Waals surface area contributed by atoms with E-state index >= 15 is 0 Å². The second-order valence-electron chi connectivity index (χ2n) is 7.14. The molecule has 172 valence electrons. The lowest BCUT2D eigenvalue weighted by Gasteiger charge is -2.31. The van der Waals surface area contributed by atoms with Crippen molar-refractivity contribution in [3.05, 3.63) is 47.4 Å². The zero-order valence-electron chi connectivity index (χ0n) is 16.6. The second-order valence-corrected chi connectivity index (χ2v) is 7.14. The summed E-state index contributed by atoms with van der Waals surface area (Å²) in [6.07, 6.45) is -8.22. The summed E-state index contributed by atoms with van der Waals surface area (Å²) >= 11 is 0. The monoisotopic (exact) mass is 461 g/mol. The average molecular weight is 461 g/mol. The Hall–Kier alpha value is -3.35. The quantitative estimate of drug-likeness (QED) is 0.518. The Labute approximate surface area is 176 Å². The number of alkyl halides is 6. The summed E-state index contributed by atoms with van der Waals surface area (Å²) < 4.78 is 81.7. The minimum absolute atomic E-state index is 0.00278. The molecule has 2 aromatic heterocycles. The van der Waals surface area contributed by atoms with Gasteiger partial charge in [-0.25, -0.2) is 9.97 Å². The van der Waals surface area contributed by atoms with Gasteiger partial charge in [0.05, 0.1) is 18.4 Å². The van der Waals surface area contributed by atoms with Gasteiger partial charge < -0.3 is 16.2 Å². The molecule has 0 radical (unpaired) electrons. The summed E-state index contributed by atoms with van der Waals surface area (Å²) in [5.74, 6) is -1.30. The van der Waals surface area contributed by atoms with Gasteiger partial charge in [0, 0.05) is 18.7 Å². The fourth-order valence-electron chi connectivity index (χ4n) is 3.12. The van der Waals surface area contributed by atoms with Crippen molar-refractivity contribution >= 4 is 17.4 Å². The van der Waals surface area contributed by atoms with Gasteiger partial charge >= 0.3 is 12.4 Å². The van der Waals surface area contributed by atoms with Gasteiger partial charge in [-0.1, -0.05) is 12.1 Å². The number of aliphatic hydroxyl groups is 1. The van der Waals surface area contributed by atoms with Crippen LogP contribution < -0.4 is 11.1 Å². The van der Waals surface area contributed by atoms with Crippen molar-refractivity contribution in [1.29, 1.82) is 0 Å². The van der Waals surface area contributed by atoms with Crippen LogP contribution in [0.1, 0.15) is 23.7 Å². The second kappa shape index (κ2) is 7.65. The molecule has 2 heterocycles. The normalized spacial score (nSPS) is 14.4. The van der Waals surface area contributed by atoms with E-state index in [0.717, 1.165) is 29.7 Å². The highest BCUT2D eigenvalue weighted by molar-refractivity contribution is 5.73. The number of fused-ring (bicyclic) bond motifs is 1. The molecule has 0 saturated heterocycles. The SMILES string of the molecule is CC(=O)NCC(O)(c1ccc(C)c(-c2cnc3c(N)nc(C(F)(F)F)cn23)c1)C(F)(F)F. The van der Waals surface area contributed by atoms with Crippen LogP contribution in [-0.4, -0.2) is 38.1 Å². The van der Waals surface area contributed by atoms with Crippen molar-refractivity contribution in [2.45, 2.75) is 31.8 Å². The number of carbonyl (C=O) groups is 1. The van der Waals surface area contributed by atoms with Crippen LogP contribution in [0.25, 0.3) is 16.9 Å². The van der Waals surface area contributed by atoms with Gasteiger partial charge in [0.1, 0.15) is 0 Å². The Kier molecular flexibility index (Phi) is 5.58. The summed E-state index contributed by atoms with van der Waals surface area (Å²) in [5.41, 5.74) is 0.549. The first-order valence-electron chi connectivity index (χ1n) is 9.01. The number of anilines is 1. The van der Waals surface area contributed by atoms with E-state index in [9.17, 15) is 36.2 Å². The molecule has 0 saturated carbocycles. The van der Waals surface area contributed by atoms with Crippen molar-refractivity contribution in [2.24, 2.45) is 0 Å². The van der Waals surface area contributed by atoms with Crippen LogP contribution >= 0.6 is 0 Å². The third kappa shape index (κ3) is 4.07. The first-order chi connectivity index (χ1) is 14.6. The number of nitrogens with two attached hydrogens (primary N) is 1. The number of hydrogen-bond acceptors (Lipinski definition) is 5. The molecule has 0 bridgehead atoms. The molecule has 1 aromatic carbocycles. The minimum Gasteiger partial charge on any atom is -0.381 e. The number of nitrogens with one attached hydrogen (secondary N) is 1. The van der Waals surface area contributed by atoms with Crippen LogP contribution in [0.4, 0.5) is 32.2 Å². The molecule has 4 N–H and O–H groups in total. The van der Waals surface area contributed by atoms with Crippen LogP contribution in [-0.2, 0) is 16.6 Å². The fraction of sp³-hybridized carbons (Fsp3) is 0.316. The summed E-state index contributed by atoms with van der Waals surface area (Å²) in [4.78, 5) is 18.3. The zero-order chi connectivity index (χ0) is 24.1. The molecule has 7 nitrogen and oxygen atoms in total. The lowest BCUT2D eigenvalue weighted by molar-refractivity contribution is -0.264. The van der Waals surface area contributed by atoms with E-state index in [1.807, 2.05) is 5.32 Å². The molecule has 3 aromatic rings. The molecule has 0 aliphatic carbocycles. The topological polar surface area (TPSA) is 106 Å². The Morgan fingerprint density at radius 3 is 2.44 bits per heavy atom. The van der Waals surface area contributed by atoms with Crippen molar-refractivity contribution in [3.63, 3.8) is 0 Å². The number of imidazole rings is 1. The van der Waals surface area contributed by atoms with E-state index in [4.69, 9.17) is 5.73 Å². The Morgan fingerprint density at radius 1 is 1.22 bits per heavy atom. The molecule has 32 heavy (non-hydrogen) atoms. The number of hydrogen-bond donors (Lipinski definition) is 3. The fourth-order valence-corrected chi connectivity index (χ4v) is 3.12. The van der Waals surface area contributed by atoms with Gasteiger partial charge in [-0.2, -0.15) is 26.3 Å². The Bertz CT molecular complexity index is 1190. The van der Waals surface area contributed by atoms with Gasteiger partial charge in [-0.15, -0.1) is 0 Å². The van der Waals surface area contributed by atoms with E-state index in [0.29, 0.717) is 11.8 Å². The molecule has 0 fully saturated rings. The number of rotatable bonds is 4. The number of nitrogen functional groups attached to an aromatic ring is 1. The average Bonchev–Trinajstić information content (AvgIpc) is 3.09. The van der Waals surface area contributed by atoms with E-state index in [-0.39, 0.29) is 16.9 Å². The molecule has 0 aliphatic rings. The standard InChI is InChI=1S/C19H17F6N5O2/c1-9-3-4-11(17(32,19(23,24)25)8-28-10(2)31)5-12(9)13-6-27-16-15(26)29-14(7-30(13)16)18(20,21)22/h3-7,32H,8H2,1-2H3,(H2,26,29)(H,28,31). The summed E-state index contributed by atoms with van der Waals surface area (Å²) in [7, 11) is 0. The Balaban J connectivity index is 2.22. The van der Waals surface area contributed by atoms with Crippen LogP contribution in [0.5, 0.6) is 0 Å². The van der Waals surface area contributed by atoms with Crippen molar-refractivity contribution in [3.8, 4) is 11.3 Å². The lowest BCUT2D eigenvalue weighted by atomic mass is 9.89. The number of halogens is 6. The highest BCUT2D eigenvalue weighted by Gasteiger charge is 2.55. The van der Waals surface area contributed by atoms with Crippen LogP contribution in [0.3, 0.4) is 0 Å². The van der Waals surface area contributed by atoms with E-state index in [1.54, 1.807) is 0 Å². The zero-order valence-corrected chi connectivity index (χ0v) is 16.6. The number of carbonyl (C=O) groups excluding carboxylic acids is 1. The Morgan fingerprint density at radius 2 is 1.88 bits per heavy atom. The molecule has 13 heteroatoms. The van der Waals surface area contributed by atoms with Crippen molar-refractivity contribution in [1.82, 2.24) is 19.7 Å². The van der Waals surface area contributed by atoms with Gasteiger partial charge in [0.25, 0.3) is 0 Å². The first-order valence-corrected chi connectivity index (χ1v) is 9.01. The molecule has 1 atom stereocenters. The molecule has 1 amide bonds. The van der Waals surface area contributed by atoms with E-state index < -0.39 is 47.5 Å². The highest BCUT2D eigenvalue weighted by Crippen LogP contribution is 2.41. The number of nitrogens with zero attached hydrogens (tertiary/aromatic N) is 3. The van der Waals surface area contributed by atoms with Crippen molar-refractivity contribution in [2.75, 3.05) is 12.3 Å². The molecule has 3 rings (SSSR count). The van der Waals surface area contributed by atoms with Gasteiger partial charge in [0.2, 0.25) is 11.5 Å². The van der Waals surface area contributed by atoms with Gasteiger partial charge in [-0.05, 0) is 24.1 Å².